The van der Waals surface area contributed by atoms with E-state index in [4.69, 9.17) is 0 Å². The minimum Gasteiger partial charge on any atom is -0.0651 e. The first kappa shape index (κ1) is 14.0. The second-order valence-corrected chi connectivity index (χ2v) is 4.89. The molecule has 0 saturated carbocycles. The Morgan fingerprint density at radius 2 is 1.21 bits per heavy atom. The first-order chi connectivity index (χ1) is 6.62. The smallest absolute Gasteiger partial charge is 0.0363 e. The van der Waals surface area contributed by atoms with Gasteiger partial charge in [0.25, 0.3) is 0 Å². The Labute approximate surface area is 91.5 Å². The lowest BCUT2D eigenvalue weighted by Crippen LogP contribution is -2.25. The normalized spacial score (nSPS) is 18.2. The van der Waals surface area contributed by atoms with Crippen molar-refractivity contribution >= 4 is 0 Å². The monoisotopic (exact) mass is 198 g/mol. The fourth-order valence-corrected chi connectivity index (χ4v) is 2.98. The van der Waals surface area contributed by atoms with E-state index in [2.05, 4.69) is 41.5 Å². The topological polar surface area (TPSA) is 0 Å². The Balaban J connectivity index is 4.34. The van der Waals surface area contributed by atoms with Crippen molar-refractivity contribution in [1.29, 1.82) is 0 Å². The molecule has 0 aromatic rings. The molecule has 0 rings (SSSR count). The molecule has 0 aliphatic heterocycles. The molecule has 0 aliphatic rings. The van der Waals surface area contributed by atoms with E-state index < -0.39 is 0 Å². The molecule has 14 heavy (non-hydrogen) atoms. The van der Waals surface area contributed by atoms with E-state index in [9.17, 15) is 0 Å². The molecular formula is C14H30. The van der Waals surface area contributed by atoms with Gasteiger partial charge in [-0.2, -0.15) is 0 Å². The average Bonchev–Trinajstić information content (AvgIpc) is 2.20. The summed E-state index contributed by atoms with van der Waals surface area (Å²) in [6, 6.07) is 0. The Morgan fingerprint density at radius 1 is 0.714 bits per heavy atom. The van der Waals surface area contributed by atoms with Gasteiger partial charge >= 0.3 is 0 Å². The van der Waals surface area contributed by atoms with Gasteiger partial charge in [0, 0.05) is 0 Å². The molecule has 3 unspecified atom stereocenters. The van der Waals surface area contributed by atoms with Crippen molar-refractivity contribution in [3.63, 3.8) is 0 Å². The maximum absolute atomic E-state index is 2.47. The highest BCUT2D eigenvalue weighted by molar-refractivity contribution is 4.75. The van der Waals surface area contributed by atoms with Crippen molar-refractivity contribution in [2.75, 3.05) is 0 Å². The van der Waals surface area contributed by atoms with E-state index >= 15 is 0 Å². The molecule has 0 fully saturated rings. The molecule has 0 bridgehead atoms. The third-order valence-electron chi connectivity index (χ3n) is 4.31. The Kier molecular flexibility index (Phi) is 7.31. The highest BCUT2D eigenvalue weighted by Gasteiger charge is 2.25. The van der Waals surface area contributed by atoms with Crippen molar-refractivity contribution in [3.05, 3.63) is 0 Å². The van der Waals surface area contributed by atoms with Gasteiger partial charge < -0.3 is 0 Å². The summed E-state index contributed by atoms with van der Waals surface area (Å²) >= 11 is 0. The van der Waals surface area contributed by atoms with Crippen molar-refractivity contribution < 1.29 is 0 Å². The zero-order valence-electron chi connectivity index (χ0n) is 11.1. The van der Waals surface area contributed by atoms with Crippen LogP contribution in [0.3, 0.4) is 0 Å². The molecule has 3 atom stereocenters. The maximum atomic E-state index is 2.47. The van der Waals surface area contributed by atoms with Crippen LogP contribution < -0.4 is 0 Å². The largest absolute Gasteiger partial charge is 0.0651 e. The molecule has 0 saturated heterocycles. The molecule has 86 valence electrons. The van der Waals surface area contributed by atoms with E-state index in [1.165, 1.54) is 25.7 Å². The van der Waals surface area contributed by atoms with E-state index in [-0.39, 0.29) is 0 Å². The Morgan fingerprint density at radius 3 is 1.50 bits per heavy atom. The van der Waals surface area contributed by atoms with Crippen molar-refractivity contribution in [1.82, 2.24) is 0 Å². The fraction of sp³-hybridized carbons (Fsp3) is 1.00. The van der Waals surface area contributed by atoms with Crippen molar-refractivity contribution in [2.45, 2.75) is 67.2 Å². The van der Waals surface area contributed by atoms with Gasteiger partial charge in [-0.1, -0.05) is 67.2 Å². The predicted octanol–water partition coefficient (Wildman–Crippen LogP) is 5.13. The van der Waals surface area contributed by atoms with Crippen LogP contribution in [0.25, 0.3) is 0 Å². The summed E-state index contributed by atoms with van der Waals surface area (Å²) in [6.45, 7) is 14.3. The van der Waals surface area contributed by atoms with Crippen LogP contribution in [0.1, 0.15) is 67.2 Å². The van der Waals surface area contributed by atoms with Gasteiger partial charge in [0.2, 0.25) is 0 Å². The second kappa shape index (κ2) is 7.31. The molecule has 0 aromatic heterocycles. The third-order valence-corrected chi connectivity index (χ3v) is 4.31. The highest BCUT2D eigenvalue weighted by atomic mass is 14.3. The lowest BCUT2D eigenvalue weighted by atomic mass is 9.73. The molecule has 0 radical (unpaired) electrons. The summed E-state index contributed by atoms with van der Waals surface area (Å²) in [5.41, 5.74) is 0. The van der Waals surface area contributed by atoms with Gasteiger partial charge in [-0.25, -0.2) is 0 Å². The highest BCUT2D eigenvalue weighted by Crippen LogP contribution is 2.34. The van der Waals surface area contributed by atoms with Crippen LogP contribution in [-0.2, 0) is 0 Å². The average molecular weight is 198 g/mol. The fourth-order valence-electron chi connectivity index (χ4n) is 2.98. The van der Waals surface area contributed by atoms with Crippen LogP contribution in [0.15, 0.2) is 0 Å². The van der Waals surface area contributed by atoms with Gasteiger partial charge in [0.1, 0.15) is 0 Å². The minimum absolute atomic E-state index is 0.899. The number of hydrogen-bond donors (Lipinski definition) is 0. The molecule has 0 amide bonds. The molecule has 0 nitrogen and oxygen atoms in total. The van der Waals surface area contributed by atoms with E-state index in [1.807, 2.05) is 0 Å². The molecule has 0 heterocycles. The van der Waals surface area contributed by atoms with Crippen LogP contribution >= 0.6 is 0 Å². The molecule has 0 aliphatic carbocycles. The Hall–Kier alpha value is 0. The van der Waals surface area contributed by atoms with Gasteiger partial charge in [0.15, 0.2) is 0 Å². The standard InChI is InChI=1S/C14H30/c1-7-11(5)14(10-4)12(6)13(8-2)9-3/h11-14H,7-10H2,1-6H3. The van der Waals surface area contributed by atoms with E-state index in [0.29, 0.717) is 0 Å². The van der Waals surface area contributed by atoms with Gasteiger partial charge in [-0.15, -0.1) is 0 Å². The van der Waals surface area contributed by atoms with Crippen molar-refractivity contribution in [2.24, 2.45) is 23.7 Å². The van der Waals surface area contributed by atoms with Crippen LogP contribution in [0.4, 0.5) is 0 Å². The lowest BCUT2D eigenvalue weighted by molar-refractivity contribution is 0.168. The lowest BCUT2D eigenvalue weighted by Gasteiger charge is -2.33. The number of hydrogen-bond acceptors (Lipinski definition) is 0. The molecule has 0 spiro atoms. The Bertz CT molecular complexity index is 124. The van der Waals surface area contributed by atoms with Gasteiger partial charge in [-0.05, 0) is 23.7 Å². The predicted molar refractivity (Wildman–Crippen MR) is 66.5 cm³/mol. The van der Waals surface area contributed by atoms with Crippen LogP contribution in [0.2, 0.25) is 0 Å². The summed E-state index contributed by atoms with van der Waals surface area (Å²) in [5.74, 6) is 3.68. The molecule has 0 aromatic carbocycles. The zero-order chi connectivity index (χ0) is 11.1. The summed E-state index contributed by atoms with van der Waals surface area (Å²) in [5, 5.41) is 0. The SMILES string of the molecule is CCC(C)C(CC)C(C)C(CC)CC. The summed E-state index contributed by atoms with van der Waals surface area (Å²) in [4.78, 5) is 0. The third kappa shape index (κ3) is 3.63. The van der Waals surface area contributed by atoms with Crippen molar-refractivity contribution in [3.8, 4) is 0 Å². The minimum atomic E-state index is 0.899. The summed E-state index contributed by atoms with van der Waals surface area (Å²) < 4.78 is 0. The maximum Gasteiger partial charge on any atom is -0.0363 e. The summed E-state index contributed by atoms with van der Waals surface area (Å²) in [7, 11) is 0. The quantitative estimate of drug-likeness (QED) is 0.532. The van der Waals surface area contributed by atoms with Gasteiger partial charge in [0.05, 0.1) is 0 Å². The van der Waals surface area contributed by atoms with E-state index in [1.54, 1.807) is 0 Å². The zero-order valence-corrected chi connectivity index (χ0v) is 11.1. The second-order valence-electron chi connectivity index (χ2n) is 4.89. The van der Waals surface area contributed by atoms with Crippen LogP contribution in [0, 0.1) is 23.7 Å². The molecule has 0 heteroatoms. The molecule has 0 N–H and O–H groups in total. The molecular weight excluding hydrogens is 168 g/mol. The first-order valence-electron chi connectivity index (χ1n) is 6.62. The van der Waals surface area contributed by atoms with Gasteiger partial charge in [-0.3, -0.25) is 0 Å². The van der Waals surface area contributed by atoms with E-state index in [0.717, 1.165) is 23.7 Å². The van der Waals surface area contributed by atoms with Crippen LogP contribution in [0.5, 0.6) is 0 Å². The first-order valence-corrected chi connectivity index (χ1v) is 6.62. The summed E-state index contributed by atoms with van der Waals surface area (Å²) in [6.07, 6.45) is 5.39. The number of rotatable bonds is 7. The van der Waals surface area contributed by atoms with Crippen LogP contribution in [-0.4, -0.2) is 0 Å².